The fourth-order valence-electron chi connectivity index (χ4n) is 3.57. The Bertz CT molecular complexity index is 947. The summed E-state index contributed by atoms with van der Waals surface area (Å²) in [5, 5.41) is 3.09. The van der Waals surface area contributed by atoms with E-state index in [9.17, 15) is 13.2 Å². The number of benzene rings is 2. The van der Waals surface area contributed by atoms with Gasteiger partial charge in [0.1, 0.15) is 5.75 Å². The van der Waals surface area contributed by atoms with E-state index < -0.39 is 10.0 Å². The molecule has 7 heteroatoms. The van der Waals surface area contributed by atoms with Gasteiger partial charge in [-0.1, -0.05) is 31.7 Å². The van der Waals surface area contributed by atoms with Gasteiger partial charge in [-0.15, -0.1) is 0 Å². The van der Waals surface area contributed by atoms with Crippen LogP contribution in [0.2, 0.25) is 0 Å². The molecule has 6 nitrogen and oxygen atoms in total. The van der Waals surface area contributed by atoms with Crippen molar-refractivity contribution in [1.82, 2.24) is 5.32 Å². The summed E-state index contributed by atoms with van der Waals surface area (Å²) in [5.41, 5.74) is 1.57. The zero-order chi connectivity index (χ0) is 20.9. The molecule has 1 aliphatic carbocycles. The van der Waals surface area contributed by atoms with Crippen LogP contribution in [0.4, 0.5) is 5.69 Å². The summed E-state index contributed by atoms with van der Waals surface area (Å²) in [4.78, 5) is 12.9. The van der Waals surface area contributed by atoms with Crippen LogP contribution in [0.25, 0.3) is 0 Å². The lowest BCUT2D eigenvalue weighted by molar-refractivity contribution is 0.0932. The van der Waals surface area contributed by atoms with Gasteiger partial charge in [-0.05, 0) is 61.7 Å². The maximum absolute atomic E-state index is 12.8. The summed E-state index contributed by atoms with van der Waals surface area (Å²) in [7, 11) is -2.27. The molecule has 0 spiro atoms. The first-order valence-electron chi connectivity index (χ1n) is 9.97. The molecule has 0 saturated heterocycles. The van der Waals surface area contributed by atoms with E-state index in [1.165, 1.54) is 25.0 Å². The van der Waals surface area contributed by atoms with E-state index in [2.05, 4.69) is 10.0 Å². The molecule has 0 bridgehead atoms. The van der Waals surface area contributed by atoms with Crippen LogP contribution in [0.5, 0.6) is 5.75 Å². The minimum atomic E-state index is -3.82. The lowest BCUT2D eigenvalue weighted by Crippen LogP contribution is -2.34. The van der Waals surface area contributed by atoms with Gasteiger partial charge in [0.05, 0.1) is 12.0 Å². The van der Waals surface area contributed by atoms with Crippen molar-refractivity contribution in [3.05, 3.63) is 53.6 Å². The van der Waals surface area contributed by atoms with Gasteiger partial charge in [-0.3, -0.25) is 9.52 Å². The van der Waals surface area contributed by atoms with Crippen LogP contribution in [0.15, 0.2) is 47.4 Å². The molecule has 1 aliphatic rings. The Morgan fingerprint density at radius 1 is 1.00 bits per heavy atom. The number of rotatable bonds is 6. The van der Waals surface area contributed by atoms with Crippen molar-refractivity contribution in [2.24, 2.45) is 0 Å². The maximum atomic E-state index is 12.8. The van der Waals surface area contributed by atoms with Gasteiger partial charge in [0.15, 0.2) is 0 Å². The Morgan fingerprint density at radius 3 is 2.28 bits per heavy atom. The second-order valence-electron chi connectivity index (χ2n) is 7.47. The molecule has 0 unspecified atom stereocenters. The standard InChI is InChI=1S/C22H28N2O4S/c1-16-9-14-20(29(26,27)24-18-10-12-19(28-2)13-11-18)15-21(16)22(25)23-17-7-5-3-4-6-8-17/h9-15,17,24H,3-8H2,1-2H3,(H,23,25). The van der Waals surface area contributed by atoms with E-state index in [0.29, 0.717) is 17.0 Å². The van der Waals surface area contributed by atoms with Crippen molar-refractivity contribution in [3.63, 3.8) is 0 Å². The monoisotopic (exact) mass is 416 g/mol. The number of sulfonamides is 1. The average Bonchev–Trinajstić information content (AvgIpc) is 2.97. The molecule has 2 aromatic carbocycles. The number of hydrogen-bond donors (Lipinski definition) is 2. The molecule has 156 valence electrons. The highest BCUT2D eigenvalue weighted by atomic mass is 32.2. The van der Waals surface area contributed by atoms with Crippen LogP contribution in [0.3, 0.4) is 0 Å². The average molecular weight is 417 g/mol. The van der Waals surface area contributed by atoms with Crippen molar-refractivity contribution < 1.29 is 17.9 Å². The van der Waals surface area contributed by atoms with Crippen molar-refractivity contribution >= 4 is 21.6 Å². The van der Waals surface area contributed by atoms with Crippen molar-refractivity contribution in [1.29, 1.82) is 0 Å². The minimum absolute atomic E-state index is 0.0601. The zero-order valence-corrected chi connectivity index (χ0v) is 17.7. The van der Waals surface area contributed by atoms with Crippen LogP contribution in [-0.4, -0.2) is 27.5 Å². The summed E-state index contributed by atoms with van der Waals surface area (Å²) in [5.74, 6) is 0.427. The smallest absolute Gasteiger partial charge is 0.261 e. The molecule has 0 aliphatic heterocycles. The zero-order valence-electron chi connectivity index (χ0n) is 16.9. The highest BCUT2D eigenvalue weighted by Crippen LogP contribution is 2.22. The lowest BCUT2D eigenvalue weighted by Gasteiger charge is -2.17. The van der Waals surface area contributed by atoms with E-state index in [4.69, 9.17) is 4.74 Å². The van der Waals surface area contributed by atoms with Gasteiger partial charge in [0.25, 0.3) is 15.9 Å². The highest BCUT2D eigenvalue weighted by molar-refractivity contribution is 7.92. The Kier molecular flexibility index (Phi) is 6.79. The summed E-state index contributed by atoms with van der Waals surface area (Å²) in [6, 6.07) is 11.4. The summed E-state index contributed by atoms with van der Waals surface area (Å²) >= 11 is 0. The van der Waals surface area contributed by atoms with E-state index in [-0.39, 0.29) is 16.8 Å². The summed E-state index contributed by atoms with van der Waals surface area (Å²) in [6.45, 7) is 1.81. The number of carbonyl (C=O) groups is 1. The molecular weight excluding hydrogens is 388 g/mol. The number of hydrogen-bond acceptors (Lipinski definition) is 4. The highest BCUT2D eigenvalue weighted by Gasteiger charge is 2.21. The predicted molar refractivity (Wildman–Crippen MR) is 114 cm³/mol. The number of ether oxygens (including phenoxy) is 1. The van der Waals surface area contributed by atoms with E-state index in [1.807, 2.05) is 6.92 Å². The number of methoxy groups -OCH3 is 1. The van der Waals surface area contributed by atoms with Crippen molar-refractivity contribution in [2.75, 3.05) is 11.8 Å². The first-order chi connectivity index (χ1) is 13.9. The first-order valence-corrected chi connectivity index (χ1v) is 11.5. The molecule has 1 amide bonds. The number of nitrogens with one attached hydrogen (secondary N) is 2. The number of carbonyl (C=O) groups excluding carboxylic acids is 1. The fourth-order valence-corrected chi connectivity index (χ4v) is 4.66. The molecule has 29 heavy (non-hydrogen) atoms. The molecule has 0 aromatic heterocycles. The van der Waals surface area contributed by atoms with Crippen LogP contribution >= 0.6 is 0 Å². The van der Waals surface area contributed by atoms with Gasteiger partial charge >= 0.3 is 0 Å². The molecule has 0 heterocycles. The molecule has 1 fully saturated rings. The second-order valence-corrected chi connectivity index (χ2v) is 9.16. The van der Waals surface area contributed by atoms with Gasteiger partial charge in [0, 0.05) is 17.3 Å². The largest absolute Gasteiger partial charge is 0.497 e. The predicted octanol–water partition coefficient (Wildman–Crippen LogP) is 4.26. The van der Waals surface area contributed by atoms with Crippen LogP contribution in [0.1, 0.15) is 54.4 Å². The maximum Gasteiger partial charge on any atom is 0.261 e. The van der Waals surface area contributed by atoms with E-state index in [0.717, 1.165) is 31.2 Å². The Balaban J connectivity index is 1.78. The molecule has 0 radical (unpaired) electrons. The van der Waals surface area contributed by atoms with Crippen LogP contribution in [0, 0.1) is 6.92 Å². The van der Waals surface area contributed by atoms with Gasteiger partial charge in [0.2, 0.25) is 0 Å². The minimum Gasteiger partial charge on any atom is -0.497 e. The van der Waals surface area contributed by atoms with Crippen molar-refractivity contribution in [2.45, 2.75) is 56.4 Å². The molecule has 1 saturated carbocycles. The third kappa shape index (κ3) is 5.50. The fraction of sp³-hybridized carbons (Fsp3) is 0.409. The molecule has 2 aromatic rings. The van der Waals surface area contributed by atoms with E-state index >= 15 is 0 Å². The third-order valence-corrected chi connectivity index (χ3v) is 6.68. The van der Waals surface area contributed by atoms with Gasteiger partial charge in [-0.2, -0.15) is 0 Å². The number of anilines is 1. The SMILES string of the molecule is COc1ccc(NS(=O)(=O)c2ccc(C)c(C(=O)NC3CCCCCC3)c2)cc1. The Labute approximate surface area is 172 Å². The molecule has 0 atom stereocenters. The Hall–Kier alpha value is -2.54. The second kappa shape index (κ2) is 9.31. The van der Waals surface area contributed by atoms with Gasteiger partial charge in [-0.25, -0.2) is 8.42 Å². The Morgan fingerprint density at radius 2 is 1.66 bits per heavy atom. The third-order valence-electron chi connectivity index (χ3n) is 5.30. The molecule has 3 rings (SSSR count). The summed E-state index contributed by atoms with van der Waals surface area (Å²) < 4.78 is 33.2. The molecule has 2 N–H and O–H groups in total. The molecular formula is C22H28N2O4S. The lowest BCUT2D eigenvalue weighted by atomic mass is 10.1. The summed E-state index contributed by atoms with van der Waals surface area (Å²) in [6.07, 6.45) is 6.59. The normalized spacial score (nSPS) is 15.4. The topological polar surface area (TPSA) is 84.5 Å². The van der Waals surface area contributed by atoms with E-state index in [1.54, 1.807) is 37.4 Å². The number of amides is 1. The van der Waals surface area contributed by atoms with Gasteiger partial charge < -0.3 is 10.1 Å². The van der Waals surface area contributed by atoms with Crippen molar-refractivity contribution in [3.8, 4) is 5.75 Å². The first kappa shape index (κ1) is 21.2. The van der Waals surface area contributed by atoms with Crippen LogP contribution < -0.4 is 14.8 Å². The van der Waals surface area contributed by atoms with Crippen LogP contribution in [-0.2, 0) is 10.0 Å². The quantitative estimate of drug-likeness (QED) is 0.689. The number of aryl methyl sites for hydroxylation is 1.